The molecule has 1 aromatic carbocycles. The van der Waals surface area contributed by atoms with E-state index in [0.717, 1.165) is 5.56 Å². The van der Waals surface area contributed by atoms with Crippen LogP contribution in [0.25, 0.3) is 0 Å². The lowest BCUT2D eigenvalue weighted by Crippen LogP contribution is -2.40. The quantitative estimate of drug-likeness (QED) is 0.740. The van der Waals surface area contributed by atoms with Crippen LogP contribution in [0.1, 0.15) is 45.7 Å². The fraction of sp³-hybridized carbons (Fsp3) is 0.350. The van der Waals surface area contributed by atoms with Gasteiger partial charge in [-0.2, -0.15) is 0 Å². The second-order valence-corrected chi connectivity index (χ2v) is 7.23. The average molecular weight is 355 g/mol. The predicted molar refractivity (Wildman–Crippen MR) is 98.0 cm³/mol. The molecule has 25 heavy (non-hydrogen) atoms. The minimum absolute atomic E-state index is 0.00974. The van der Waals surface area contributed by atoms with E-state index in [9.17, 15) is 14.4 Å². The van der Waals surface area contributed by atoms with Gasteiger partial charge in [-0.25, -0.2) is 0 Å². The number of carbonyl (C=O) groups is 3. The summed E-state index contributed by atoms with van der Waals surface area (Å²) < 4.78 is 0. The first-order chi connectivity index (χ1) is 12.1. The molecule has 3 rings (SSSR count). The SMILES string of the molecule is O=C(CCC(=O)N1CCC(C(=O)c2ccccc2)CC1)c1cccs1. The third-order valence-corrected chi connectivity index (χ3v) is 5.55. The normalized spacial score (nSPS) is 15.1. The van der Waals surface area contributed by atoms with Gasteiger partial charge in [-0.05, 0) is 24.3 Å². The maximum absolute atomic E-state index is 12.5. The van der Waals surface area contributed by atoms with E-state index in [1.807, 2.05) is 41.8 Å². The summed E-state index contributed by atoms with van der Waals surface area (Å²) in [4.78, 5) is 39.3. The highest BCUT2D eigenvalue weighted by molar-refractivity contribution is 7.12. The van der Waals surface area contributed by atoms with Crippen molar-refractivity contribution in [1.82, 2.24) is 4.90 Å². The van der Waals surface area contributed by atoms with Gasteiger partial charge in [-0.3, -0.25) is 14.4 Å². The van der Waals surface area contributed by atoms with Crippen molar-refractivity contribution in [2.45, 2.75) is 25.7 Å². The summed E-state index contributed by atoms with van der Waals surface area (Å²) in [5, 5.41) is 1.86. The molecule has 0 unspecified atom stereocenters. The molecule has 0 bridgehead atoms. The van der Waals surface area contributed by atoms with Crippen LogP contribution in [0.15, 0.2) is 47.8 Å². The van der Waals surface area contributed by atoms with Gasteiger partial charge >= 0.3 is 0 Å². The average Bonchev–Trinajstić information content (AvgIpc) is 3.21. The van der Waals surface area contributed by atoms with E-state index in [1.165, 1.54) is 11.3 Å². The Hall–Kier alpha value is -2.27. The number of thiophene rings is 1. The monoisotopic (exact) mass is 355 g/mol. The second kappa shape index (κ2) is 8.21. The van der Waals surface area contributed by atoms with E-state index >= 15 is 0 Å². The van der Waals surface area contributed by atoms with Gasteiger partial charge in [0.25, 0.3) is 0 Å². The van der Waals surface area contributed by atoms with E-state index < -0.39 is 0 Å². The van der Waals surface area contributed by atoms with E-state index in [2.05, 4.69) is 0 Å². The molecular formula is C20H21NO3S. The molecule has 1 aromatic heterocycles. The largest absolute Gasteiger partial charge is 0.343 e. The summed E-state index contributed by atoms with van der Waals surface area (Å²) >= 11 is 1.41. The topological polar surface area (TPSA) is 54.5 Å². The number of likely N-dealkylation sites (tertiary alicyclic amines) is 1. The highest BCUT2D eigenvalue weighted by atomic mass is 32.1. The van der Waals surface area contributed by atoms with E-state index in [4.69, 9.17) is 0 Å². The van der Waals surface area contributed by atoms with Crippen molar-refractivity contribution in [2.24, 2.45) is 5.92 Å². The first-order valence-corrected chi connectivity index (χ1v) is 9.47. The van der Waals surface area contributed by atoms with Gasteiger partial charge in [-0.15, -0.1) is 11.3 Å². The fourth-order valence-electron chi connectivity index (χ4n) is 3.17. The van der Waals surface area contributed by atoms with Crippen LogP contribution in [0.2, 0.25) is 0 Å². The minimum atomic E-state index is -0.0146. The molecule has 0 radical (unpaired) electrons. The minimum Gasteiger partial charge on any atom is -0.343 e. The molecule has 2 aromatic rings. The number of Topliss-reactive ketones (excluding diaryl/α,β-unsaturated/α-hetero) is 2. The lowest BCUT2D eigenvalue weighted by atomic mass is 9.89. The lowest BCUT2D eigenvalue weighted by Gasteiger charge is -2.31. The number of benzene rings is 1. The molecule has 0 saturated carbocycles. The summed E-state index contributed by atoms with van der Waals surface area (Å²) in [6.07, 6.45) is 1.88. The summed E-state index contributed by atoms with van der Waals surface area (Å²) in [7, 11) is 0. The molecular weight excluding hydrogens is 334 g/mol. The third-order valence-electron chi connectivity index (χ3n) is 4.64. The van der Waals surface area contributed by atoms with E-state index in [-0.39, 0.29) is 36.2 Å². The van der Waals surface area contributed by atoms with Crippen molar-refractivity contribution in [3.8, 4) is 0 Å². The zero-order valence-corrected chi connectivity index (χ0v) is 14.8. The Morgan fingerprint density at radius 1 is 0.960 bits per heavy atom. The number of amides is 1. The number of ketones is 2. The molecule has 1 aliphatic heterocycles. The number of hydrogen-bond acceptors (Lipinski definition) is 4. The Balaban J connectivity index is 1.46. The maximum atomic E-state index is 12.5. The number of carbonyl (C=O) groups excluding carboxylic acids is 3. The van der Waals surface area contributed by atoms with Crippen molar-refractivity contribution in [3.63, 3.8) is 0 Å². The Morgan fingerprint density at radius 3 is 2.32 bits per heavy atom. The number of piperidine rings is 1. The molecule has 1 saturated heterocycles. The highest BCUT2D eigenvalue weighted by Crippen LogP contribution is 2.22. The molecule has 0 spiro atoms. The first-order valence-electron chi connectivity index (χ1n) is 8.59. The summed E-state index contributed by atoms with van der Waals surface area (Å²) in [5.41, 5.74) is 0.744. The number of rotatable bonds is 6. The van der Waals surface area contributed by atoms with Gasteiger partial charge in [0.15, 0.2) is 11.6 Å². The lowest BCUT2D eigenvalue weighted by molar-refractivity contribution is -0.132. The van der Waals surface area contributed by atoms with Gasteiger partial charge in [0.2, 0.25) is 5.91 Å². The number of nitrogens with zero attached hydrogens (tertiary/aromatic N) is 1. The molecule has 0 atom stereocenters. The Kier molecular flexibility index (Phi) is 5.76. The third kappa shape index (κ3) is 4.42. The van der Waals surface area contributed by atoms with Crippen molar-refractivity contribution >= 4 is 28.8 Å². The molecule has 1 aliphatic rings. The smallest absolute Gasteiger partial charge is 0.223 e. The van der Waals surface area contributed by atoms with Crippen LogP contribution in [0, 0.1) is 5.92 Å². The van der Waals surface area contributed by atoms with Gasteiger partial charge in [0, 0.05) is 37.4 Å². The van der Waals surface area contributed by atoms with Crippen LogP contribution in [0.3, 0.4) is 0 Å². The Labute approximate surface area is 151 Å². The Bertz CT molecular complexity index is 732. The Morgan fingerprint density at radius 2 is 1.68 bits per heavy atom. The fourth-order valence-corrected chi connectivity index (χ4v) is 3.86. The van der Waals surface area contributed by atoms with E-state index in [1.54, 1.807) is 11.0 Å². The number of hydrogen-bond donors (Lipinski definition) is 0. The standard InChI is InChI=1S/C20H21NO3S/c22-17(18-7-4-14-25-18)8-9-19(23)21-12-10-16(11-13-21)20(24)15-5-2-1-3-6-15/h1-7,14,16H,8-13H2. The van der Waals surface area contributed by atoms with Crippen LogP contribution in [0.5, 0.6) is 0 Å². The van der Waals surface area contributed by atoms with Crippen LogP contribution < -0.4 is 0 Å². The zero-order chi connectivity index (χ0) is 17.6. The van der Waals surface area contributed by atoms with Gasteiger partial charge in [0.1, 0.15) is 0 Å². The van der Waals surface area contributed by atoms with Gasteiger partial charge in [-0.1, -0.05) is 36.4 Å². The maximum Gasteiger partial charge on any atom is 0.223 e. The molecule has 1 fully saturated rings. The molecule has 4 nitrogen and oxygen atoms in total. The van der Waals surface area contributed by atoms with Gasteiger partial charge in [0.05, 0.1) is 4.88 Å². The van der Waals surface area contributed by atoms with Crippen LogP contribution in [0.4, 0.5) is 0 Å². The predicted octanol–water partition coefficient (Wildman–Crippen LogP) is 3.83. The first kappa shape index (κ1) is 17.5. The summed E-state index contributed by atoms with van der Waals surface area (Å²) in [6.45, 7) is 1.19. The van der Waals surface area contributed by atoms with Crippen molar-refractivity contribution in [2.75, 3.05) is 13.1 Å². The molecule has 130 valence electrons. The summed E-state index contributed by atoms with van der Waals surface area (Å²) in [6, 6.07) is 13.0. The highest BCUT2D eigenvalue weighted by Gasteiger charge is 2.27. The van der Waals surface area contributed by atoms with Crippen molar-refractivity contribution < 1.29 is 14.4 Å². The molecule has 5 heteroatoms. The van der Waals surface area contributed by atoms with Crippen molar-refractivity contribution in [1.29, 1.82) is 0 Å². The molecule has 0 N–H and O–H groups in total. The van der Waals surface area contributed by atoms with Crippen LogP contribution >= 0.6 is 11.3 Å². The van der Waals surface area contributed by atoms with Crippen molar-refractivity contribution in [3.05, 3.63) is 58.3 Å². The molecule has 2 heterocycles. The summed E-state index contributed by atoms with van der Waals surface area (Å²) in [5.74, 6) is 0.188. The zero-order valence-electron chi connectivity index (χ0n) is 14.0. The van der Waals surface area contributed by atoms with E-state index in [0.29, 0.717) is 30.8 Å². The van der Waals surface area contributed by atoms with Crippen LogP contribution in [-0.4, -0.2) is 35.5 Å². The van der Waals surface area contributed by atoms with Gasteiger partial charge < -0.3 is 4.90 Å². The second-order valence-electron chi connectivity index (χ2n) is 6.29. The van der Waals surface area contributed by atoms with Crippen LogP contribution in [-0.2, 0) is 4.79 Å². The molecule has 0 aliphatic carbocycles. The molecule has 1 amide bonds.